The Kier molecular flexibility index (Phi) is 6.45. The highest BCUT2D eigenvalue weighted by Gasteiger charge is 2.47. The van der Waals surface area contributed by atoms with Crippen molar-refractivity contribution in [1.29, 1.82) is 0 Å². The van der Waals surface area contributed by atoms with Crippen molar-refractivity contribution in [2.75, 3.05) is 13.1 Å². The summed E-state index contributed by atoms with van der Waals surface area (Å²) >= 11 is 0. The van der Waals surface area contributed by atoms with E-state index in [1.807, 2.05) is 19.1 Å². The normalized spacial score (nSPS) is 17.6. The molecular formula is C18H23F3N2O2. The number of rotatable bonds is 6. The Morgan fingerprint density at radius 2 is 1.88 bits per heavy atom. The number of alkyl halides is 3. The number of benzene rings is 1. The van der Waals surface area contributed by atoms with E-state index in [0.29, 0.717) is 17.9 Å². The van der Waals surface area contributed by atoms with E-state index < -0.39 is 24.0 Å². The van der Waals surface area contributed by atoms with Crippen LogP contribution in [0.25, 0.3) is 0 Å². The maximum Gasteiger partial charge on any atom is 0.471 e. The largest absolute Gasteiger partial charge is 0.471 e. The number of likely N-dealkylation sites (tertiary alicyclic amines) is 1. The van der Waals surface area contributed by atoms with Gasteiger partial charge in [-0.25, -0.2) is 0 Å². The number of amides is 2. The van der Waals surface area contributed by atoms with Crippen LogP contribution in [0.3, 0.4) is 0 Å². The average Bonchev–Trinajstić information content (AvgIpc) is 3.04. The van der Waals surface area contributed by atoms with Gasteiger partial charge in [-0.3, -0.25) is 9.59 Å². The van der Waals surface area contributed by atoms with E-state index >= 15 is 0 Å². The van der Waals surface area contributed by atoms with Gasteiger partial charge in [-0.1, -0.05) is 29.8 Å². The van der Waals surface area contributed by atoms with Gasteiger partial charge in [0.2, 0.25) is 5.91 Å². The molecule has 2 amide bonds. The summed E-state index contributed by atoms with van der Waals surface area (Å²) in [6.45, 7) is 2.40. The molecule has 1 aromatic carbocycles. The third kappa shape index (κ3) is 5.47. The molecule has 0 saturated carbocycles. The van der Waals surface area contributed by atoms with E-state index in [0.717, 1.165) is 19.3 Å². The van der Waals surface area contributed by atoms with Crippen LogP contribution in [0.1, 0.15) is 36.8 Å². The van der Waals surface area contributed by atoms with Crippen LogP contribution in [-0.2, 0) is 16.0 Å². The molecule has 1 unspecified atom stereocenters. The van der Waals surface area contributed by atoms with Crippen LogP contribution in [0.15, 0.2) is 24.3 Å². The van der Waals surface area contributed by atoms with Gasteiger partial charge in [0.15, 0.2) is 0 Å². The second kappa shape index (κ2) is 8.36. The lowest BCUT2D eigenvalue weighted by Gasteiger charge is -2.24. The Balaban J connectivity index is 1.72. The van der Waals surface area contributed by atoms with E-state index in [9.17, 15) is 22.8 Å². The molecule has 0 radical (unpaired) electrons. The predicted octanol–water partition coefficient (Wildman–Crippen LogP) is 2.99. The minimum absolute atomic E-state index is 0.0240. The summed E-state index contributed by atoms with van der Waals surface area (Å²) < 4.78 is 37.7. The number of nitrogens with zero attached hydrogens (tertiary/aromatic N) is 1. The second-order valence-electron chi connectivity index (χ2n) is 6.39. The maximum atomic E-state index is 12.6. The number of halogens is 3. The molecule has 0 aliphatic carbocycles. The molecule has 0 aromatic heterocycles. The van der Waals surface area contributed by atoms with Crippen molar-refractivity contribution >= 4 is 11.8 Å². The molecule has 7 heteroatoms. The maximum absolute atomic E-state index is 12.6. The first-order chi connectivity index (χ1) is 11.8. The quantitative estimate of drug-likeness (QED) is 0.797. The molecule has 0 bridgehead atoms. The molecule has 0 spiro atoms. The molecule has 1 aromatic rings. The van der Waals surface area contributed by atoms with E-state index in [1.165, 1.54) is 11.1 Å². The number of hydrogen-bond donors (Lipinski definition) is 1. The molecule has 1 aliphatic rings. The first-order valence-corrected chi connectivity index (χ1v) is 8.50. The van der Waals surface area contributed by atoms with Gasteiger partial charge in [0.05, 0.1) is 0 Å². The van der Waals surface area contributed by atoms with E-state index in [1.54, 1.807) is 0 Å². The molecule has 1 aliphatic heterocycles. The smallest absolute Gasteiger partial charge is 0.354 e. The van der Waals surface area contributed by atoms with Crippen molar-refractivity contribution in [1.82, 2.24) is 10.2 Å². The Labute approximate surface area is 145 Å². The summed E-state index contributed by atoms with van der Waals surface area (Å²) in [7, 11) is 0. The van der Waals surface area contributed by atoms with Gasteiger partial charge in [0, 0.05) is 13.1 Å². The lowest BCUT2D eigenvalue weighted by molar-refractivity contribution is -0.186. The molecule has 1 fully saturated rings. The first-order valence-electron chi connectivity index (χ1n) is 8.50. The molecule has 1 heterocycles. The van der Waals surface area contributed by atoms with Crippen molar-refractivity contribution in [3.63, 3.8) is 0 Å². The van der Waals surface area contributed by atoms with Gasteiger partial charge in [-0.15, -0.1) is 0 Å². The summed E-state index contributed by atoms with van der Waals surface area (Å²) in [4.78, 5) is 24.1. The predicted molar refractivity (Wildman–Crippen MR) is 87.9 cm³/mol. The fourth-order valence-corrected chi connectivity index (χ4v) is 2.98. The second-order valence-corrected chi connectivity index (χ2v) is 6.39. The molecule has 4 nitrogen and oxygen atoms in total. The van der Waals surface area contributed by atoms with Crippen LogP contribution in [0.4, 0.5) is 13.2 Å². The standard InChI is InChI=1S/C18H23F3N2O2/c1-13-7-9-14(10-8-13)5-2-3-11-22-16(24)15-6-4-12-23(15)17(25)18(19,20)21/h7-10,15H,2-6,11-12H2,1H3,(H,22,24). The average molecular weight is 356 g/mol. The Hall–Kier alpha value is -2.05. The minimum atomic E-state index is -4.93. The molecule has 25 heavy (non-hydrogen) atoms. The van der Waals surface area contributed by atoms with Gasteiger partial charge >= 0.3 is 12.1 Å². The van der Waals surface area contributed by atoms with E-state index in [-0.39, 0.29) is 13.0 Å². The molecule has 2 rings (SSSR count). The van der Waals surface area contributed by atoms with E-state index in [4.69, 9.17) is 0 Å². The summed E-state index contributed by atoms with van der Waals surface area (Å²) in [5, 5.41) is 2.66. The Bertz CT molecular complexity index is 599. The molecule has 1 atom stereocenters. The van der Waals surface area contributed by atoms with Crippen molar-refractivity contribution in [2.24, 2.45) is 0 Å². The van der Waals surface area contributed by atoms with Crippen molar-refractivity contribution in [3.05, 3.63) is 35.4 Å². The highest BCUT2D eigenvalue weighted by molar-refractivity contribution is 5.90. The monoisotopic (exact) mass is 356 g/mol. The first kappa shape index (κ1) is 19.3. The topological polar surface area (TPSA) is 49.4 Å². The number of hydrogen-bond acceptors (Lipinski definition) is 2. The van der Waals surface area contributed by atoms with Crippen LogP contribution in [0.5, 0.6) is 0 Å². The van der Waals surface area contributed by atoms with Gasteiger partial charge in [-0.05, 0) is 44.6 Å². The fraction of sp³-hybridized carbons (Fsp3) is 0.556. The number of carbonyl (C=O) groups excluding carboxylic acids is 2. The Morgan fingerprint density at radius 1 is 1.20 bits per heavy atom. The molecule has 138 valence electrons. The van der Waals surface area contributed by atoms with Crippen molar-refractivity contribution < 1.29 is 22.8 Å². The lowest BCUT2D eigenvalue weighted by atomic mass is 10.1. The fourth-order valence-electron chi connectivity index (χ4n) is 2.98. The van der Waals surface area contributed by atoms with Crippen LogP contribution < -0.4 is 5.32 Å². The van der Waals surface area contributed by atoms with Crippen molar-refractivity contribution in [2.45, 2.75) is 51.2 Å². The number of aryl methyl sites for hydroxylation is 2. The molecular weight excluding hydrogens is 333 g/mol. The Morgan fingerprint density at radius 3 is 2.52 bits per heavy atom. The summed E-state index contributed by atoms with van der Waals surface area (Å²) in [5.41, 5.74) is 2.42. The van der Waals surface area contributed by atoms with Crippen LogP contribution in [0.2, 0.25) is 0 Å². The van der Waals surface area contributed by atoms with Crippen LogP contribution in [-0.4, -0.2) is 42.0 Å². The highest BCUT2D eigenvalue weighted by Crippen LogP contribution is 2.25. The van der Waals surface area contributed by atoms with Gasteiger partial charge < -0.3 is 10.2 Å². The number of carbonyl (C=O) groups is 2. The van der Waals surface area contributed by atoms with Crippen LogP contribution >= 0.6 is 0 Å². The van der Waals surface area contributed by atoms with Gasteiger partial charge in [0.25, 0.3) is 0 Å². The summed E-state index contributed by atoms with van der Waals surface area (Å²) in [6, 6.07) is 7.21. The zero-order valence-corrected chi connectivity index (χ0v) is 14.2. The minimum Gasteiger partial charge on any atom is -0.354 e. The third-order valence-corrected chi connectivity index (χ3v) is 4.37. The summed E-state index contributed by atoms with van der Waals surface area (Å²) in [6.07, 6.45) is -1.75. The van der Waals surface area contributed by atoms with Gasteiger partial charge in [0.1, 0.15) is 6.04 Å². The third-order valence-electron chi connectivity index (χ3n) is 4.37. The van der Waals surface area contributed by atoms with Crippen LogP contribution in [0, 0.1) is 6.92 Å². The molecule has 1 saturated heterocycles. The zero-order valence-electron chi connectivity index (χ0n) is 14.2. The molecule has 1 N–H and O–H groups in total. The summed E-state index contributed by atoms with van der Waals surface area (Å²) in [5.74, 6) is -2.42. The lowest BCUT2D eigenvalue weighted by Crippen LogP contribution is -2.50. The van der Waals surface area contributed by atoms with Gasteiger partial charge in [-0.2, -0.15) is 13.2 Å². The SMILES string of the molecule is Cc1ccc(CCCCNC(=O)C2CCCN2C(=O)C(F)(F)F)cc1. The van der Waals surface area contributed by atoms with Crippen molar-refractivity contribution in [3.8, 4) is 0 Å². The zero-order chi connectivity index (χ0) is 18.4. The highest BCUT2D eigenvalue weighted by atomic mass is 19.4. The number of nitrogens with one attached hydrogen (secondary N) is 1. The van der Waals surface area contributed by atoms with E-state index in [2.05, 4.69) is 17.4 Å². The number of unbranched alkanes of at least 4 members (excludes halogenated alkanes) is 1.